The number of amidine groups is 1. The third-order valence-electron chi connectivity index (χ3n) is 9.90. The molecule has 4 heterocycles. The normalized spacial score (nSPS) is 39.1. The molecule has 3 unspecified atom stereocenters. The number of likely N-dealkylation sites (N-methyl/N-ethyl adjacent to an activating group) is 1. The molecule has 7 rings (SSSR count). The highest BCUT2D eigenvalue weighted by Gasteiger charge is 2.51. The van der Waals surface area contributed by atoms with Gasteiger partial charge in [-0.15, -0.1) is 0 Å². The van der Waals surface area contributed by atoms with Crippen LogP contribution in [-0.2, 0) is 10.2 Å². The Morgan fingerprint density at radius 3 is 2.77 bits per heavy atom. The number of nitriles is 1. The van der Waals surface area contributed by atoms with Gasteiger partial charge in [0.2, 0.25) is 0 Å². The molecule has 0 bridgehead atoms. The SMILES string of the molecule is CN(C[C@H]1O[C@@H](N2CNC3C(N)=NC=NC32)[C@H](O)[C@@H]1O)C1CC(CCC2Nc3ccc(C4(C#N)CC4)cc3N2)C1. The largest absolute Gasteiger partial charge is 0.387 e. The summed E-state index contributed by atoms with van der Waals surface area (Å²) in [5.74, 6) is 1.13. The fraction of sp³-hybridized carbons (Fsp3) is 0.679. The maximum Gasteiger partial charge on any atom is 0.142 e. The Morgan fingerprint density at radius 2 is 2.00 bits per heavy atom. The van der Waals surface area contributed by atoms with Gasteiger partial charge >= 0.3 is 0 Å². The van der Waals surface area contributed by atoms with Crippen LogP contribution in [0.15, 0.2) is 28.2 Å². The number of ether oxygens (including phenoxy) is 1. The third kappa shape index (κ3) is 4.45. The summed E-state index contributed by atoms with van der Waals surface area (Å²) in [6.45, 7) is 1.00. The molecule has 0 aromatic heterocycles. The molecular weight excluding hydrogens is 510 g/mol. The molecule has 0 spiro atoms. The van der Waals surface area contributed by atoms with Gasteiger partial charge in [0.25, 0.3) is 0 Å². The van der Waals surface area contributed by atoms with Crippen LogP contribution >= 0.6 is 0 Å². The number of aliphatic hydroxyl groups is 2. The molecule has 4 fully saturated rings. The van der Waals surface area contributed by atoms with E-state index in [1.54, 1.807) is 0 Å². The second kappa shape index (κ2) is 9.94. The number of fused-ring (bicyclic) bond motifs is 2. The minimum Gasteiger partial charge on any atom is -0.387 e. The van der Waals surface area contributed by atoms with Crippen molar-refractivity contribution in [3.63, 3.8) is 0 Å². The van der Waals surface area contributed by atoms with Crippen LogP contribution in [0, 0.1) is 17.2 Å². The smallest absolute Gasteiger partial charge is 0.142 e. The topological polar surface area (TPSA) is 167 Å². The molecule has 12 nitrogen and oxygen atoms in total. The second-order valence-corrected chi connectivity index (χ2v) is 12.4. The van der Waals surface area contributed by atoms with Gasteiger partial charge in [-0.3, -0.25) is 10.3 Å². The predicted molar refractivity (Wildman–Crippen MR) is 151 cm³/mol. The molecule has 2 saturated heterocycles. The number of aliphatic hydroxyl groups excluding tert-OH is 2. The molecule has 7 atom stereocenters. The van der Waals surface area contributed by atoms with Crippen molar-refractivity contribution in [2.75, 3.05) is 30.9 Å². The second-order valence-electron chi connectivity index (χ2n) is 12.4. The molecule has 2 aliphatic carbocycles. The minimum atomic E-state index is -1.02. The van der Waals surface area contributed by atoms with E-state index in [0.29, 0.717) is 31.0 Å². The Kier molecular flexibility index (Phi) is 6.49. The highest BCUT2D eigenvalue weighted by atomic mass is 16.6. The zero-order valence-electron chi connectivity index (χ0n) is 22.8. The van der Waals surface area contributed by atoms with Gasteiger partial charge in [-0.05, 0) is 69.2 Å². The number of benzene rings is 1. The number of aliphatic imine (C=N–C) groups is 2. The average molecular weight is 550 g/mol. The van der Waals surface area contributed by atoms with Gasteiger partial charge in [0.1, 0.15) is 48.9 Å². The van der Waals surface area contributed by atoms with Gasteiger partial charge in [0.05, 0.1) is 35.7 Å². The fourth-order valence-corrected chi connectivity index (χ4v) is 7.03. The molecule has 214 valence electrons. The number of nitrogens with two attached hydrogens (primary N) is 1. The van der Waals surface area contributed by atoms with Crippen LogP contribution in [0.2, 0.25) is 0 Å². The molecule has 4 aliphatic heterocycles. The third-order valence-corrected chi connectivity index (χ3v) is 9.90. The lowest BCUT2D eigenvalue weighted by Gasteiger charge is -2.42. The standard InChI is InChI=1S/C28H39N9O3/c1-36(11-20-23(38)24(39)27(40-20)37-14-33-22-25(30)31-13-32-26(22)37)17-8-15(9-17)2-5-21-34-18-4-3-16(10-19(18)35-21)28(12-29)6-7-28/h3-4,10,13,15,17,20-24,26-27,33-35,38-39H,2,5-9,11,14H2,1H3,(H2,30,31,32)/t15?,17?,20-,21?,22?,23-,24-,26?,27-/m1/s1. The first-order valence-electron chi connectivity index (χ1n) is 14.5. The van der Waals surface area contributed by atoms with E-state index in [1.807, 2.05) is 4.90 Å². The van der Waals surface area contributed by atoms with Gasteiger partial charge in [0, 0.05) is 12.6 Å². The highest BCUT2D eigenvalue weighted by molar-refractivity contribution is 5.94. The monoisotopic (exact) mass is 549 g/mol. The van der Waals surface area contributed by atoms with Crippen molar-refractivity contribution >= 4 is 23.5 Å². The summed E-state index contributed by atoms with van der Waals surface area (Å²) in [6.07, 6.45) is 4.56. The van der Waals surface area contributed by atoms with Crippen LogP contribution in [0.3, 0.4) is 0 Å². The highest BCUT2D eigenvalue weighted by Crippen LogP contribution is 2.49. The molecular formula is C28H39N9O3. The van der Waals surface area contributed by atoms with E-state index < -0.39 is 24.5 Å². The number of hydrogen-bond acceptors (Lipinski definition) is 12. The molecule has 0 amide bonds. The Morgan fingerprint density at radius 1 is 1.20 bits per heavy atom. The zero-order chi connectivity index (χ0) is 27.6. The van der Waals surface area contributed by atoms with Crippen LogP contribution < -0.4 is 21.7 Å². The molecule has 1 aromatic carbocycles. The van der Waals surface area contributed by atoms with Crippen molar-refractivity contribution < 1.29 is 14.9 Å². The quantitative estimate of drug-likeness (QED) is 0.265. The molecule has 6 aliphatic rings. The Labute approximate surface area is 234 Å². The van der Waals surface area contributed by atoms with Crippen molar-refractivity contribution in [3.8, 4) is 6.07 Å². The maximum atomic E-state index is 10.8. The van der Waals surface area contributed by atoms with E-state index in [2.05, 4.69) is 62.2 Å². The molecule has 0 radical (unpaired) electrons. The lowest BCUT2D eigenvalue weighted by atomic mass is 9.76. The molecule has 7 N–H and O–H groups in total. The van der Waals surface area contributed by atoms with E-state index in [0.717, 1.165) is 55.5 Å². The van der Waals surface area contributed by atoms with E-state index in [4.69, 9.17) is 10.5 Å². The molecule has 2 saturated carbocycles. The average Bonchev–Trinajstić information content (AvgIpc) is 3.30. The lowest BCUT2D eigenvalue weighted by Crippen LogP contribution is -2.51. The fourth-order valence-electron chi connectivity index (χ4n) is 7.03. The minimum absolute atomic E-state index is 0.216. The lowest BCUT2D eigenvalue weighted by molar-refractivity contribution is -0.100. The van der Waals surface area contributed by atoms with Crippen molar-refractivity contribution in [3.05, 3.63) is 23.8 Å². The first-order chi connectivity index (χ1) is 19.3. The van der Waals surface area contributed by atoms with Crippen molar-refractivity contribution in [2.24, 2.45) is 21.6 Å². The number of nitrogens with one attached hydrogen (secondary N) is 3. The summed E-state index contributed by atoms with van der Waals surface area (Å²) < 4.78 is 6.21. The number of anilines is 2. The van der Waals surface area contributed by atoms with Crippen LogP contribution in [0.1, 0.15) is 44.1 Å². The Bertz CT molecular complexity index is 1240. The van der Waals surface area contributed by atoms with Crippen molar-refractivity contribution in [2.45, 2.75) is 92.9 Å². The molecule has 12 heteroatoms. The van der Waals surface area contributed by atoms with E-state index in [9.17, 15) is 15.5 Å². The summed E-state index contributed by atoms with van der Waals surface area (Å²) in [5.41, 5.74) is 9.10. The van der Waals surface area contributed by atoms with Gasteiger partial charge in [-0.1, -0.05) is 6.07 Å². The van der Waals surface area contributed by atoms with Crippen LogP contribution in [-0.4, -0.2) is 101 Å². The number of hydrogen-bond donors (Lipinski definition) is 6. The van der Waals surface area contributed by atoms with Crippen molar-refractivity contribution in [1.29, 1.82) is 5.26 Å². The summed E-state index contributed by atoms with van der Waals surface area (Å²) >= 11 is 0. The van der Waals surface area contributed by atoms with Gasteiger partial charge < -0.3 is 36.2 Å². The first kappa shape index (κ1) is 26.1. The van der Waals surface area contributed by atoms with Crippen LogP contribution in [0.4, 0.5) is 11.4 Å². The van der Waals surface area contributed by atoms with E-state index >= 15 is 0 Å². The molecule has 1 aromatic rings. The van der Waals surface area contributed by atoms with E-state index in [1.165, 1.54) is 6.34 Å². The first-order valence-corrected chi connectivity index (χ1v) is 14.5. The summed E-state index contributed by atoms with van der Waals surface area (Å²) in [7, 11) is 2.08. The van der Waals surface area contributed by atoms with E-state index in [-0.39, 0.29) is 23.8 Å². The number of nitrogens with zero attached hydrogens (tertiary/aromatic N) is 5. The number of rotatable bonds is 8. The van der Waals surface area contributed by atoms with Crippen molar-refractivity contribution in [1.82, 2.24) is 15.1 Å². The Balaban J connectivity index is 0.861. The Hall–Kier alpha value is -2.79. The maximum absolute atomic E-state index is 10.8. The molecule has 40 heavy (non-hydrogen) atoms. The van der Waals surface area contributed by atoms with Gasteiger partial charge in [-0.2, -0.15) is 5.26 Å². The summed E-state index contributed by atoms with van der Waals surface area (Å²) in [6, 6.07) is 9.07. The zero-order valence-corrected chi connectivity index (χ0v) is 22.8. The predicted octanol–water partition coefficient (Wildman–Crippen LogP) is 0.299. The summed E-state index contributed by atoms with van der Waals surface area (Å²) in [4.78, 5) is 12.7. The van der Waals surface area contributed by atoms with Gasteiger partial charge in [-0.25, -0.2) is 9.89 Å². The summed E-state index contributed by atoms with van der Waals surface area (Å²) in [5, 5.41) is 41.6. The van der Waals surface area contributed by atoms with Gasteiger partial charge in [0.15, 0.2) is 0 Å². The van der Waals surface area contributed by atoms with Crippen LogP contribution in [0.5, 0.6) is 0 Å². The van der Waals surface area contributed by atoms with Crippen LogP contribution in [0.25, 0.3) is 0 Å².